The molecule has 0 rings (SSSR count). The highest BCUT2D eigenvalue weighted by atomic mass is 19.1. The average Bonchev–Trinajstić information content (AvgIpc) is 2.85. The van der Waals surface area contributed by atoms with Crippen molar-refractivity contribution in [3.8, 4) is 0 Å². The van der Waals surface area contributed by atoms with Crippen LogP contribution in [-0.2, 0) is 28.4 Å². The van der Waals surface area contributed by atoms with Crippen molar-refractivity contribution < 1.29 is 32.8 Å². The first-order valence-corrected chi connectivity index (χ1v) is 13.9. The Bertz CT molecular complexity index is 317. The number of rotatable bonds is 31. The minimum absolute atomic E-state index is 0.132. The molecule has 0 aliphatic heterocycles. The van der Waals surface area contributed by atoms with Crippen LogP contribution >= 0.6 is 0 Å². The summed E-state index contributed by atoms with van der Waals surface area (Å²) >= 11 is 0. The van der Waals surface area contributed by atoms with Gasteiger partial charge >= 0.3 is 0 Å². The van der Waals surface area contributed by atoms with Crippen LogP contribution in [0, 0.1) is 0 Å². The highest BCUT2D eigenvalue weighted by Gasteiger charge is 1.96. The highest BCUT2D eigenvalue weighted by molar-refractivity contribution is 4.49. The van der Waals surface area contributed by atoms with E-state index in [-0.39, 0.29) is 6.61 Å². The Labute approximate surface area is 209 Å². The molecule has 0 spiro atoms. The van der Waals surface area contributed by atoms with Gasteiger partial charge in [-0.1, -0.05) is 84.0 Å². The van der Waals surface area contributed by atoms with Crippen LogP contribution in [0.4, 0.5) is 4.39 Å². The van der Waals surface area contributed by atoms with E-state index in [0.717, 1.165) is 13.0 Å². The lowest BCUT2D eigenvalue weighted by atomic mass is 10.0. The molecular formula is C27H55FO6. The molecule has 0 heterocycles. The fourth-order valence-corrected chi connectivity index (χ4v) is 3.48. The Morgan fingerprint density at radius 2 is 0.588 bits per heavy atom. The van der Waals surface area contributed by atoms with Crippen molar-refractivity contribution in [2.45, 2.75) is 90.4 Å². The number of ether oxygens (including phenoxy) is 6. The number of alkyl halides is 1. The van der Waals surface area contributed by atoms with Crippen LogP contribution in [0.1, 0.15) is 90.4 Å². The first-order chi connectivity index (χ1) is 16.9. The van der Waals surface area contributed by atoms with Crippen molar-refractivity contribution in [1.82, 2.24) is 0 Å². The predicted molar refractivity (Wildman–Crippen MR) is 137 cm³/mol. The zero-order valence-electron chi connectivity index (χ0n) is 22.2. The van der Waals surface area contributed by atoms with Gasteiger partial charge in [-0.2, -0.15) is 0 Å². The zero-order chi connectivity index (χ0) is 24.6. The monoisotopic (exact) mass is 494 g/mol. The molecule has 0 unspecified atom stereocenters. The Kier molecular flexibility index (Phi) is 32.4. The summed E-state index contributed by atoms with van der Waals surface area (Å²) in [7, 11) is 0. The molecule has 0 saturated heterocycles. The summed E-state index contributed by atoms with van der Waals surface area (Å²) in [6.45, 7) is 8.15. The number of halogens is 1. The predicted octanol–water partition coefficient (Wildman–Crippen LogP) is 6.15. The van der Waals surface area contributed by atoms with Crippen LogP contribution in [0.15, 0.2) is 0 Å². The van der Waals surface area contributed by atoms with Crippen LogP contribution in [0.2, 0.25) is 0 Å². The lowest BCUT2D eigenvalue weighted by molar-refractivity contribution is -0.0172. The average molecular weight is 495 g/mol. The topological polar surface area (TPSA) is 55.4 Å². The smallest absolute Gasteiger partial charge is 0.113 e. The second-order valence-corrected chi connectivity index (χ2v) is 8.61. The third kappa shape index (κ3) is 31.7. The molecule has 7 heteroatoms. The van der Waals surface area contributed by atoms with E-state index in [4.69, 9.17) is 28.4 Å². The highest BCUT2D eigenvalue weighted by Crippen LogP contribution is 2.12. The maximum absolute atomic E-state index is 11.8. The fraction of sp³-hybridized carbons (Fsp3) is 1.00. The largest absolute Gasteiger partial charge is 0.379 e. The zero-order valence-corrected chi connectivity index (χ0v) is 22.2. The van der Waals surface area contributed by atoms with E-state index in [0.29, 0.717) is 66.1 Å². The quantitative estimate of drug-likeness (QED) is 0.108. The van der Waals surface area contributed by atoms with E-state index in [1.165, 1.54) is 77.0 Å². The first kappa shape index (κ1) is 33.7. The van der Waals surface area contributed by atoms with Crippen LogP contribution < -0.4 is 0 Å². The van der Waals surface area contributed by atoms with Gasteiger partial charge in [-0.3, -0.25) is 0 Å². The molecule has 0 aliphatic rings. The van der Waals surface area contributed by atoms with Crippen molar-refractivity contribution in [3.05, 3.63) is 0 Å². The van der Waals surface area contributed by atoms with E-state index in [2.05, 4.69) is 6.92 Å². The Morgan fingerprint density at radius 3 is 0.912 bits per heavy atom. The Balaban J connectivity index is 2.99. The summed E-state index contributed by atoms with van der Waals surface area (Å²) in [5.41, 5.74) is 0. The van der Waals surface area contributed by atoms with Crippen molar-refractivity contribution in [3.63, 3.8) is 0 Å². The molecule has 34 heavy (non-hydrogen) atoms. The second kappa shape index (κ2) is 32.7. The summed E-state index contributed by atoms with van der Waals surface area (Å²) in [4.78, 5) is 0. The van der Waals surface area contributed by atoms with E-state index in [1.807, 2.05) is 0 Å². The van der Waals surface area contributed by atoms with Crippen molar-refractivity contribution in [2.75, 3.05) is 86.0 Å². The van der Waals surface area contributed by atoms with Gasteiger partial charge in [0.05, 0.1) is 72.7 Å². The van der Waals surface area contributed by atoms with Crippen LogP contribution in [0.25, 0.3) is 0 Å². The van der Waals surface area contributed by atoms with E-state index < -0.39 is 6.67 Å². The molecule has 0 aromatic rings. The van der Waals surface area contributed by atoms with Gasteiger partial charge in [0.15, 0.2) is 0 Å². The molecule has 0 aromatic carbocycles. The molecule has 0 N–H and O–H groups in total. The van der Waals surface area contributed by atoms with Gasteiger partial charge in [0.25, 0.3) is 0 Å². The first-order valence-electron chi connectivity index (χ1n) is 13.9. The van der Waals surface area contributed by atoms with Crippen LogP contribution in [0.5, 0.6) is 0 Å². The summed E-state index contributed by atoms with van der Waals surface area (Å²) < 4.78 is 44.0. The van der Waals surface area contributed by atoms with Crippen molar-refractivity contribution in [1.29, 1.82) is 0 Å². The molecule has 0 radical (unpaired) electrons. The molecule has 0 amide bonds. The molecule has 0 aliphatic carbocycles. The minimum atomic E-state index is -0.457. The summed E-state index contributed by atoms with van der Waals surface area (Å²) in [6, 6.07) is 0. The van der Waals surface area contributed by atoms with E-state index >= 15 is 0 Å². The van der Waals surface area contributed by atoms with E-state index in [9.17, 15) is 4.39 Å². The Morgan fingerprint density at radius 1 is 0.324 bits per heavy atom. The van der Waals surface area contributed by atoms with Crippen LogP contribution in [0.3, 0.4) is 0 Å². The van der Waals surface area contributed by atoms with E-state index in [1.54, 1.807) is 0 Å². The molecule has 0 bridgehead atoms. The van der Waals surface area contributed by atoms with Gasteiger partial charge in [0.2, 0.25) is 0 Å². The van der Waals surface area contributed by atoms with Gasteiger partial charge in [-0.05, 0) is 6.42 Å². The molecule has 0 saturated carbocycles. The molecule has 206 valence electrons. The second-order valence-electron chi connectivity index (χ2n) is 8.61. The molecule has 0 atom stereocenters. The molecular weight excluding hydrogens is 439 g/mol. The Hall–Kier alpha value is -0.310. The summed E-state index contributed by atoms with van der Waals surface area (Å²) in [5.74, 6) is 0. The van der Waals surface area contributed by atoms with Gasteiger partial charge in [-0.25, -0.2) is 4.39 Å². The van der Waals surface area contributed by atoms with Gasteiger partial charge in [0, 0.05) is 6.61 Å². The minimum Gasteiger partial charge on any atom is -0.379 e. The normalized spacial score (nSPS) is 11.5. The summed E-state index contributed by atoms with van der Waals surface area (Å²) in [6.07, 6.45) is 17.8. The molecule has 6 nitrogen and oxygen atoms in total. The number of unbranched alkanes of at least 4 members (excludes halogenated alkanes) is 12. The lowest BCUT2D eigenvalue weighted by Gasteiger charge is -2.08. The van der Waals surface area contributed by atoms with Gasteiger partial charge in [0.1, 0.15) is 6.67 Å². The number of hydrogen-bond acceptors (Lipinski definition) is 6. The maximum atomic E-state index is 11.8. The number of hydrogen-bond donors (Lipinski definition) is 0. The van der Waals surface area contributed by atoms with Crippen molar-refractivity contribution in [2.24, 2.45) is 0 Å². The molecule has 0 aromatic heterocycles. The standard InChI is InChI=1S/C27H55FO6/c1-2-3-4-5-6-7-8-9-10-11-12-13-14-16-29-18-20-31-22-24-33-26-27-34-25-23-32-21-19-30-17-15-28/h2-27H2,1H3. The van der Waals surface area contributed by atoms with Gasteiger partial charge < -0.3 is 28.4 Å². The van der Waals surface area contributed by atoms with Gasteiger partial charge in [-0.15, -0.1) is 0 Å². The SMILES string of the molecule is CCCCCCCCCCCCCCCOCCOCCOCCOCCOCCOCCF. The van der Waals surface area contributed by atoms with Crippen LogP contribution in [-0.4, -0.2) is 86.0 Å². The fourth-order valence-electron chi connectivity index (χ4n) is 3.48. The third-order valence-electron chi connectivity index (χ3n) is 5.47. The molecule has 0 fully saturated rings. The lowest BCUT2D eigenvalue weighted by Crippen LogP contribution is -2.14. The summed E-state index contributed by atoms with van der Waals surface area (Å²) in [5, 5.41) is 0. The maximum Gasteiger partial charge on any atom is 0.113 e. The third-order valence-corrected chi connectivity index (χ3v) is 5.47. The van der Waals surface area contributed by atoms with Crippen molar-refractivity contribution >= 4 is 0 Å².